The number of rotatable bonds is 3. The number of methoxy groups -OCH3 is 1. The summed E-state index contributed by atoms with van der Waals surface area (Å²) in [5.41, 5.74) is 0.782. The zero-order valence-electron chi connectivity index (χ0n) is 11.1. The molecule has 2 rings (SSSR count). The maximum Gasteiger partial charge on any atom is 0.325 e. The van der Waals surface area contributed by atoms with E-state index in [0.717, 1.165) is 0 Å². The van der Waals surface area contributed by atoms with Gasteiger partial charge < -0.3 is 9.47 Å². The number of esters is 1. The standard InChI is InChI=1S/C14H15FN2O3/c1-19-14(18)13-9-20-5-4-17(13)8-11-6-10(7-16)2-3-12(11)15/h2-3,6,13H,4-5,8-9H2,1H3. The molecule has 0 amide bonds. The van der Waals surface area contributed by atoms with Crippen LogP contribution in [0.3, 0.4) is 0 Å². The average Bonchev–Trinajstić information content (AvgIpc) is 2.49. The van der Waals surface area contributed by atoms with Crippen LogP contribution in [0, 0.1) is 17.1 Å². The number of benzene rings is 1. The molecule has 0 spiro atoms. The first-order valence-electron chi connectivity index (χ1n) is 6.24. The van der Waals surface area contributed by atoms with Crippen molar-refractivity contribution in [2.24, 2.45) is 0 Å². The Morgan fingerprint density at radius 2 is 2.45 bits per heavy atom. The van der Waals surface area contributed by atoms with Crippen molar-refractivity contribution >= 4 is 5.97 Å². The molecular formula is C14H15FN2O3. The Balaban J connectivity index is 2.18. The van der Waals surface area contributed by atoms with Gasteiger partial charge in [0.1, 0.15) is 11.9 Å². The molecule has 0 aliphatic carbocycles. The van der Waals surface area contributed by atoms with Crippen LogP contribution < -0.4 is 0 Å². The van der Waals surface area contributed by atoms with Gasteiger partial charge in [-0.1, -0.05) is 0 Å². The molecule has 1 fully saturated rings. The van der Waals surface area contributed by atoms with E-state index in [1.165, 1.54) is 25.3 Å². The fourth-order valence-electron chi connectivity index (χ4n) is 2.16. The number of hydrogen-bond acceptors (Lipinski definition) is 5. The van der Waals surface area contributed by atoms with Crippen LogP contribution in [0.1, 0.15) is 11.1 Å². The van der Waals surface area contributed by atoms with Crippen molar-refractivity contribution in [1.29, 1.82) is 5.26 Å². The van der Waals surface area contributed by atoms with Crippen molar-refractivity contribution in [3.8, 4) is 6.07 Å². The normalized spacial score (nSPS) is 19.4. The number of carbonyl (C=O) groups is 1. The third kappa shape index (κ3) is 3.13. The van der Waals surface area contributed by atoms with E-state index in [9.17, 15) is 9.18 Å². The molecule has 0 N–H and O–H groups in total. The van der Waals surface area contributed by atoms with Crippen LogP contribution >= 0.6 is 0 Å². The smallest absolute Gasteiger partial charge is 0.325 e. The zero-order chi connectivity index (χ0) is 14.5. The number of morpholine rings is 1. The summed E-state index contributed by atoms with van der Waals surface area (Å²) in [7, 11) is 1.31. The number of carbonyl (C=O) groups excluding carboxylic acids is 1. The monoisotopic (exact) mass is 278 g/mol. The fourth-order valence-corrected chi connectivity index (χ4v) is 2.16. The van der Waals surface area contributed by atoms with Crippen molar-refractivity contribution in [3.63, 3.8) is 0 Å². The number of hydrogen-bond donors (Lipinski definition) is 0. The van der Waals surface area contributed by atoms with E-state index < -0.39 is 12.0 Å². The highest BCUT2D eigenvalue weighted by molar-refractivity contribution is 5.75. The van der Waals surface area contributed by atoms with Crippen LogP contribution in [0.15, 0.2) is 18.2 Å². The molecule has 1 aromatic carbocycles. The second kappa shape index (κ2) is 6.46. The SMILES string of the molecule is COC(=O)C1COCCN1Cc1cc(C#N)ccc1F. The number of halogens is 1. The predicted molar refractivity (Wildman–Crippen MR) is 68.1 cm³/mol. The Morgan fingerprint density at radius 1 is 1.65 bits per heavy atom. The zero-order valence-corrected chi connectivity index (χ0v) is 11.1. The largest absolute Gasteiger partial charge is 0.468 e. The molecule has 1 aliphatic heterocycles. The van der Waals surface area contributed by atoms with E-state index in [1.807, 2.05) is 6.07 Å². The summed E-state index contributed by atoms with van der Waals surface area (Å²) < 4.78 is 23.8. The molecule has 5 nitrogen and oxygen atoms in total. The van der Waals surface area contributed by atoms with E-state index in [1.54, 1.807) is 4.90 Å². The van der Waals surface area contributed by atoms with E-state index in [4.69, 9.17) is 14.7 Å². The molecule has 1 heterocycles. The van der Waals surface area contributed by atoms with Crippen LogP contribution in [0.4, 0.5) is 4.39 Å². The maximum atomic E-state index is 13.8. The average molecular weight is 278 g/mol. The molecule has 0 saturated carbocycles. The first-order chi connectivity index (χ1) is 9.65. The molecule has 0 bridgehead atoms. The Hall–Kier alpha value is -1.97. The summed E-state index contributed by atoms with van der Waals surface area (Å²) in [6, 6.07) is 5.62. The van der Waals surface area contributed by atoms with Gasteiger partial charge >= 0.3 is 5.97 Å². The lowest BCUT2D eigenvalue weighted by Crippen LogP contribution is -2.49. The molecule has 6 heteroatoms. The molecule has 1 saturated heterocycles. The Labute approximate surface area is 116 Å². The molecule has 1 unspecified atom stereocenters. The lowest BCUT2D eigenvalue weighted by molar-refractivity contribution is -0.153. The second-order valence-electron chi connectivity index (χ2n) is 4.50. The summed E-state index contributed by atoms with van der Waals surface area (Å²) in [5, 5.41) is 8.86. The molecule has 1 aliphatic rings. The third-order valence-electron chi connectivity index (χ3n) is 3.26. The van der Waals surface area contributed by atoms with Gasteiger partial charge in [0, 0.05) is 18.7 Å². The predicted octanol–water partition coefficient (Wildman–Crippen LogP) is 1.07. The van der Waals surface area contributed by atoms with Gasteiger partial charge in [-0.2, -0.15) is 5.26 Å². The first-order valence-corrected chi connectivity index (χ1v) is 6.24. The molecule has 1 aromatic rings. The van der Waals surface area contributed by atoms with Crippen LogP contribution in [0.25, 0.3) is 0 Å². The van der Waals surface area contributed by atoms with Gasteiger partial charge in [-0.15, -0.1) is 0 Å². The first kappa shape index (κ1) is 14.4. The Kier molecular flexibility index (Phi) is 4.66. The van der Waals surface area contributed by atoms with Crippen LogP contribution in [-0.4, -0.2) is 43.8 Å². The maximum absolute atomic E-state index is 13.8. The van der Waals surface area contributed by atoms with Crippen LogP contribution in [0.2, 0.25) is 0 Å². The van der Waals surface area contributed by atoms with Crippen molar-refractivity contribution in [1.82, 2.24) is 4.90 Å². The van der Waals surface area contributed by atoms with E-state index in [-0.39, 0.29) is 19.0 Å². The summed E-state index contributed by atoms with van der Waals surface area (Å²) in [5.74, 6) is -0.791. The summed E-state index contributed by atoms with van der Waals surface area (Å²) in [4.78, 5) is 13.5. The second-order valence-corrected chi connectivity index (χ2v) is 4.50. The van der Waals surface area contributed by atoms with Gasteiger partial charge in [0.25, 0.3) is 0 Å². The van der Waals surface area contributed by atoms with Crippen molar-refractivity contribution in [3.05, 3.63) is 35.1 Å². The molecule has 0 radical (unpaired) electrons. The fraction of sp³-hybridized carbons (Fsp3) is 0.429. The van der Waals surface area contributed by atoms with Crippen molar-refractivity contribution in [2.75, 3.05) is 26.9 Å². The quantitative estimate of drug-likeness (QED) is 0.774. The highest BCUT2D eigenvalue weighted by Gasteiger charge is 2.30. The lowest BCUT2D eigenvalue weighted by atomic mass is 10.1. The Morgan fingerprint density at radius 3 is 3.15 bits per heavy atom. The van der Waals surface area contributed by atoms with Gasteiger partial charge in [-0.25, -0.2) is 4.39 Å². The van der Waals surface area contributed by atoms with Gasteiger partial charge in [0.05, 0.1) is 32.0 Å². The summed E-state index contributed by atoms with van der Waals surface area (Å²) in [6.07, 6.45) is 0. The minimum absolute atomic E-state index is 0.228. The molecule has 106 valence electrons. The van der Waals surface area contributed by atoms with E-state index in [2.05, 4.69) is 0 Å². The number of ether oxygens (including phenoxy) is 2. The van der Waals surface area contributed by atoms with Gasteiger partial charge in [0.2, 0.25) is 0 Å². The third-order valence-corrected chi connectivity index (χ3v) is 3.26. The minimum Gasteiger partial charge on any atom is -0.468 e. The lowest BCUT2D eigenvalue weighted by Gasteiger charge is -2.33. The highest BCUT2D eigenvalue weighted by Crippen LogP contribution is 2.17. The number of nitrogens with zero attached hydrogens (tertiary/aromatic N) is 2. The summed E-state index contributed by atoms with van der Waals surface area (Å²) >= 11 is 0. The molecular weight excluding hydrogens is 263 g/mol. The van der Waals surface area contributed by atoms with E-state index in [0.29, 0.717) is 24.3 Å². The van der Waals surface area contributed by atoms with Gasteiger partial charge in [0.15, 0.2) is 0 Å². The van der Waals surface area contributed by atoms with Crippen molar-refractivity contribution in [2.45, 2.75) is 12.6 Å². The van der Waals surface area contributed by atoms with Crippen LogP contribution in [0.5, 0.6) is 0 Å². The minimum atomic E-state index is -0.543. The highest BCUT2D eigenvalue weighted by atomic mass is 19.1. The number of nitriles is 1. The van der Waals surface area contributed by atoms with Gasteiger partial charge in [-0.05, 0) is 18.2 Å². The molecule has 20 heavy (non-hydrogen) atoms. The van der Waals surface area contributed by atoms with Gasteiger partial charge in [-0.3, -0.25) is 9.69 Å². The Bertz CT molecular complexity index is 542. The van der Waals surface area contributed by atoms with E-state index >= 15 is 0 Å². The van der Waals surface area contributed by atoms with Crippen molar-refractivity contribution < 1.29 is 18.7 Å². The topological polar surface area (TPSA) is 62.6 Å². The molecule has 1 atom stereocenters. The molecule has 0 aromatic heterocycles. The van der Waals surface area contributed by atoms with Crippen LogP contribution in [-0.2, 0) is 20.8 Å². The summed E-state index contributed by atoms with van der Waals surface area (Å²) in [6.45, 7) is 1.46.